The van der Waals surface area contributed by atoms with Crippen molar-refractivity contribution < 1.29 is 9.13 Å². The molecule has 0 amide bonds. The van der Waals surface area contributed by atoms with Crippen LogP contribution in [0.2, 0.25) is 5.15 Å². The molecule has 2 aliphatic rings. The number of benzene rings is 4. The summed E-state index contributed by atoms with van der Waals surface area (Å²) in [5.41, 5.74) is 12.3. The number of hydrogen-bond donors (Lipinski definition) is 4. The van der Waals surface area contributed by atoms with Gasteiger partial charge in [-0.3, -0.25) is 0 Å². The highest BCUT2D eigenvalue weighted by atomic mass is 35.5. The number of nitrogens with two attached hydrogens (primary N) is 1. The summed E-state index contributed by atoms with van der Waals surface area (Å²) in [4.78, 5) is 26.1. The maximum atomic E-state index is 12.2. The second kappa shape index (κ2) is 24.4. The van der Waals surface area contributed by atoms with Crippen LogP contribution in [-0.2, 0) is 22.2 Å². The number of rotatable bonds is 12. The van der Waals surface area contributed by atoms with Gasteiger partial charge in [0.1, 0.15) is 49.5 Å². The van der Waals surface area contributed by atoms with Crippen molar-refractivity contribution in [3.63, 3.8) is 0 Å². The monoisotopic (exact) mass is 952 g/mol. The minimum atomic E-state index is -2.25. The summed E-state index contributed by atoms with van der Waals surface area (Å²) in [6.45, 7) is 17.3. The van der Waals surface area contributed by atoms with Crippen molar-refractivity contribution in [3.8, 4) is 0 Å². The number of nitrogens with zero attached hydrogens (tertiary/aromatic N) is 8. The highest BCUT2D eigenvalue weighted by Crippen LogP contribution is 2.35. The van der Waals surface area contributed by atoms with Crippen LogP contribution in [0.4, 0.5) is 40.2 Å². The number of nitrogens with one attached hydrogen (secondary N) is 3. The van der Waals surface area contributed by atoms with E-state index in [0.717, 1.165) is 80.2 Å². The molecule has 5 N–H and O–H groups in total. The Kier molecular flexibility index (Phi) is 19.1. The van der Waals surface area contributed by atoms with Crippen LogP contribution in [0.15, 0.2) is 122 Å². The molecule has 4 heterocycles. The summed E-state index contributed by atoms with van der Waals surface area (Å²) in [5.74, 6) is 2.09. The van der Waals surface area contributed by atoms with Crippen LogP contribution in [0.25, 0.3) is 0 Å². The number of piperazine rings is 2. The van der Waals surface area contributed by atoms with Crippen LogP contribution < -0.4 is 42.1 Å². The van der Waals surface area contributed by atoms with Crippen LogP contribution >= 0.6 is 25.9 Å². The molecule has 2 aliphatic heterocycles. The first kappa shape index (κ1) is 51.7. The smallest absolute Gasteiger partial charge is 0.135 e. The third-order valence-corrected chi connectivity index (χ3v) is 14.4. The van der Waals surface area contributed by atoms with E-state index in [1.807, 2.05) is 54.6 Å². The Morgan fingerprint density at radius 3 is 1.35 bits per heavy atom. The molecule has 2 aromatic heterocycles. The van der Waals surface area contributed by atoms with Crippen LogP contribution in [0.1, 0.15) is 18.6 Å². The van der Waals surface area contributed by atoms with Crippen LogP contribution in [0.5, 0.6) is 0 Å². The van der Waals surface area contributed by atoms with E-state index < -0.39 is 14.3 Å². The number of hydrogen-bond acceptors (Lipinski definition) is 14. The lowest BCUT2D eigenvalue weighted by Gasteiger charge is -2.34. The zero-order valence-corrected chi connectivity index (χ0v) is 40.9. The van der Waals surface area contributed by atoms with E-state index >= 15 is 0 Å². The van der Waals surface area contributed by atoms with Gasteiger partial charge in [-0.2, -0.15) is 0 Å². The second-order valence-corrected chi connectivity index (χ2v) is 23.9. The summed E-state index contributed by atoms with van der Waals surface area (Å²) >= 11 is 5.77. The Labute approximate surface area is 397 Å². The molecular formula is C49H67ClN12O2P2. The molecule has 6 aromatic rings. The molecule has 0 unspecified atom stereocenters. The van der Waals surface area contributed by atoms with Gasteiger partial charge in [0.25, 0.3) is 0 Å². The first-order chi connectivity index (χ1) is 31.1. The minimum Gasteiger partial charge on any atom is -0.369 e. The van der Waals surface area contributed by atoms with E-state index in [4.69, 9.17) is 17.3 Å². The van der Waals surface area contributed by atoms with Gasteiger partial charge >= 0.3 is 0 Å². The van der Waals surface area contributed by atoms with E-state index in [9.17, 15) is 9.13 Å². The Bertz CT molecular complexity index is 2490. The first-order valence-electron chi connectivity index (χ1n) is 21.7. The van der Waals surface area contributed by atoms with Gasteiger partial charge in [0.2, 0.25) is 0 Å². The molecule has 0 aliphatic carbocycles. The quantitative estimate of drug-likeness (QED) is 0.0683. The predicted octanol–water partition coefficient (Wildman–Crippen LogP) is 8.49. The van der Waals surface area contributed by atoms with E-state index in [-0.39, 0.29) is 7.43 Å². The molecule has 4 aromatic carbocycles. The van der Waals surface area contributed by atoms with E-state index in [1.54, 1.807) is 39.1 Å². The zero-order chi connectivity index (χ0) is 46.4. The maximum absolute atomic E-state index is 12.2. The molecule has 66 heavy (non-hydrogen) atoms. The number of aromatic nitrogens is 4. The van der Waals surface area contributed by atoms with Crippen LogP contribution in [0, 0.1) is 0 Å². The molecule has 0 spiro atoms. The molecule has 0 atom stereocenters. The van der Waals surface area contributed by atoms with Crippen molar-refractivity contribution in [2.45, 2.75) is 20.5 Å². The van der Waals surface area contributed by atoms with Crippen molar-refractivity contribution in [2.24, 2.45) is 5.73 Å². The van der Waals surface area contributed by atoms with Gasteiger partial charge in [-0.25, -0.2) is 19.9 Å². The lowest BCUT2D eigenvalue weighted by atomic mass is 10.2. The fraction of sp³-hybridized carbons (Fsp3) is 0.347. The topological polar surface area (TPSA) is 161 Å². The fourth-order valence-electron chi connectivity index (χ4n) is 7.02. The predicted molar refractivity (Wildman–Crippen MR) is 281 cm³/mol. The summed E-state index contributed by atoms with van der Waals surface area (Å²) in [6, 6.07) is 35.9. The van der Waals surface area contributed by atoms with Crippen LogP contribution in [0.3, 0.4) is 0 Å². The molecule has 352 valence electrons. The average molecular weight is 954 g/mol. The molecule has 14 nitrogen and oxygen atoms in total. The van der Waals surface area contributed by atoms with Crippen LogP contribution in [-0.4, -0.2) is 123 Å². The third-order valence-electron chi connectivity index (χ3n) is 11.1. The summed E-state index contributed by atoms with van der Waals surface area (Å²) in [5, 5.41) is 11.9. The highest BCUT2D eigenvalue weighted by Gasteiger charge is 2.16. The van der Waals surface area contributed by atoms with Crippen molar-refractivity contribution in [2.75, 3.05) is 119 Å². The Balaban J connectivity index is 0.000000203. The zero-order valence-electron chi connectivity index (χ0n) is 38.4. The Hall–Kier alpha value is -5.33. The molecule has 2 fully saturated rings. The Morgan fingerprint density at radius 1 is 0.545 bits per heavy atom. The SMILES string of the molecule is C.CN1CCN(c2ccc(CN)cc2)CC1.CN1CCN(c2ccc(CNc3cc(Nc4ccc(P(C)(C)=O)cc4)ncn3)cc2)CC1.CP(C)(=O)c1ccc(Nc2cc(Cl)ncn2)cc1. The van der Waals surface area contributed by atoms with Gasteiger partial charge in [-0.15, -0.1) is 0 Å². The van der Waals surface area contributed by atoms with E-state index in [0.29, 0.717) is 29.9 Å². The van der Waals surface area contributed by atoms with Crippen molar-refractivity contribution in [3.05, 3.63) is 138 Å². The highest BCUT2D eigenvalue weighted by molar-refractivity contribution is 7.70. The van der Waals surface area contributed by atoms with Crippen molar-refractivity contribution >= 4 is 76.7 Å². The van der Waals surface area contributed by atoms with Crippen molar-refractivity contribution in [1.29, 1.82) is 0 Å². The van der Waals surface area contributed by atoms with Gasteiger partial charge in [-0.1, -0.05) is 43.3 Å². The van der Waals surface area contributed by atoms with E-state index in [1.165, 1.54) is 28.8 Å². The van der Waals surface area contributed by atoms with Gasteiger partial charge < -0.3 is 50.4 Å². The number of anilines is 7. The van der Waals surface area contributed by atoms with Gasteiger partial charge in [0.05, 0.1) is 0 Å². The maximum Gasteiger partial charge on any atom is 0.135 e. The normalized spacial score (nSPS) is 14.4. The van der Waals surface area contributed by atoms with Gasteiger partial charge in [0, 0.05) is 111 Å². The molecule has 8 rings (SSSR count). The van der Waals surface area contributed by atoms with E-state index in [2.05, 4.69) is 118 Å². The molecule has 0 radical (unpaired) electrons. The standard InChI is InChI=1S/C24H31N6OP.C12H13ClN3OP.C12H19N3.CH4/c1-29-12-14-30(15-13-29)21-8-4-19(5-9-21)17-25-23-16-24(27-18-26-23)28-20-6-10-22(11-7-20)32(2,3)31;1-18(2,17)10-5-3-9(4-6-10)16-12-7-11(13)14-8-15-12;1-14-6-8-15(9-7-14)12-4-2-11(10-13)3-5-12;/h4-11,16,18H,12-15,17H2,1-3H3,(H2,25,26,27,28);3-8H,1-2H3,(H,14,15,16);2-5H,6-10,13H2,1H3;1H4. The minimum absolute atomic E-state index is 0. The summed E-state index contributed by atoms with van der Waals surface area (Å²) in [7, 11) is -0.103. The largest absolute Gasteiger partial charge is 0.369 e. The molecule has 17 heteroatoms. The molecular weight excluding hydrogens is 886 g/mol. The van der Waals surface area contributed by atoms with Crippen molar-refractivity contribution in [1.82, 2.24) is 29.7 Å². The lowest BCUT2D eigenvalue weighted by Crippen LogP contribution is -2.44. The van der Waals surface area contributed by atoms with Gasteiger partial charge in [-0.05, 0) is 125 Å². The number of halogens is 1. The summed E-state index contributed by atoms with van der Waals surface area (Å²) < 4.78 is 24.0. The first-order valence-corrected chi connectivity index (χ1v) is 27.3. The van der Waals surface area contributed by atoms with Gasteiger partial charge in [0.15, 0.2) is 0 Å². The third kappa shape index (κ3) is 16.2. The number of likely N-dealkylation sites (N-methyl/N-ethyl adjacent to an activating group) is 2. The molecule has 2 saturated heterocycles. The summed E-state index contributed by atoms with van der Waals surface area (Å²) in [6.07, 6.45) is 2.94. The average Bonchev–Trinajstić information content (AvgIpc) is 3.29. The fourth-order valence-corrected chi connectivity index (χ4v) is 8.90. The Morgan fingerprint density at radius 2 is 0.939 bits per heavy atom. The molecule has 0 bridgehead atoms. The second-order valence-electron chi connectivity index (χ2n) is 17.0. The lowest BCUT2D eigenvalue weighted by molar-refractivity contribution is 0.313. The molecule has 0 saturated carbocycles.